The molecule has 0 fully saturated rings. The highest BCUT2D eigenvalue weighted by Crippen LogP contribution is 2.11. The normalized spacial score (nSPS) is 10.2. The summed E-state index contributed by atoms with van der Waals surface area (Å²) in [7, 11) is 0. The average Bonchev–Trinajstić information content (AvgIpc) is 2.94. The van der Waals surface area contributed by atoms with E-state index in [-0.39, 0.29) is 5.91 Å². The Bertz CT molecular complexity index is 919. The van der Waals surface area contributed by atoms with Crippen molar-refractivity contribution in [2.24, 2.45) is 0 Å². The van der Waals surface area contributed by atoms with Gasteiger partial charge in [0.05, 0.1) is 35.4 Å². The Morgan fingerprint density at radius 1 is 1.17 bits per heavy atom. The summed E-state index contributed by atoms with van der Waals surface area (Å²) in [5.41, 5.74) is 3.26. The minimum Gasteiger partial charge on any atom is -0.319 e. The number of amides is 1. The summed E-state index contributed by atoms with van der Waals surface area (Å²) in [6.45, 7) is 3.82. The van der Waals surface area contributed by atoms with Crippen LogP contribution in [0.15, 0.2) is 42.7 Å². The van der Waals surface area contributed by atoms with Crippen molar-refractivity contribution in [3.63, 3.8) is 0 Å². The van der Waals surface area contributed by atoms with Crippen molar-refractivity contribution in [1.82, 2.24) is 19.7 Å². The fourth-order valence-electron chi connectivity index (χ4n) is 2.23. The van der Waals surface area contributed by atoms with E-state index >= 15 is 0 Å². The molecule has 118 valence electrons. The van der Waals surface area contributed by atoms with Gasteiger partial charge in [0.2, 0.25) is 0 Å². The van der Waals surface area contributed by atoms with Gasteiger partial charge in [0.25, 0.3) is 11.9 Å². The molecule has 24 heavy (non-hydrogen) atoms. The number of hydrogen-bond acceptors (Lipinski definition) is 5. The summed E-state index contributed by atoms with van der Waals surface area (Å²) in [5, 5.41) is 15.8. The summed E-state index contributed by atoms with van der Waals surface area (Å²) in [4.78, 5) is 20.6. The lowest BCUT2D eigenvalue weighted by atomic mass is 10.1. The number of nitriles is 1. The number of aryl methyl sites for hydroxylation is 2. The highest BCUT2D eigenvalue weighted by molar-refractivity contribution is 6.04. The Kier molecular flexibility index (Phi) is 4.03. The van der Waals surface area contributed by atoms with Crippen LogP contribution in [0, 0.1) is 25.2 Å². The van der Waals surface area contributed by atoms with Crippen LogP contribution in [0.25, 0.3) is 5.95 Å². The number of nitrogens with zero attached hydrogens (tertiary/aromatic N) is 5. The van der Waals surface area contributed by atoms with E-state index in [4.69, 9.17) is 5.26 Å². The number of carbonyl (C=O) groups excluding carboxylic acids is 1. The number of anilines is 1. The van der Waals surface area contributed by atoms with E-state index in [0.717, 1.165) is 11.4 Å². The summed E-state index contributed by atoms with van der Waals surface area (Å²) >= 11 is 0. The molecule has 1 N–H and O–H groups in total. The first-order chi connectivity index (χ1) is 11.6. The monoisotopic (exact) mass is 318 g/mol. The zero-order chi connectivity index (χ0) is 17.1. The Balaban J connectivity index is 1.75. The Hall–Kier alpha value is -3.53. The molecule has 0 saturated carbocycles. The fourth-order valence-corrected chi connectivity index (χ4v) is 2.23. The molecule has 3 aromatic rings. The van der Waals surface area contributed by atoms with Gasteiger partial charge in [-0.3, -0.25) is 4.79 Å². The second kappa shape index (κ2) is 6.30. The van der Waals surface area contributed by atoms with Crippen molar-refractivity contribution < 1.29 is 4.79 Å². The average molecular weight is 318 g/mol. The van der Waals surface area contributed by atoms with Crippen molar-refractivity contribution in [3.8, 4) is 12.0 Å². The highest BCUT2D eigenvalue weighted by atomic mass is 16.1. The first kappa shape index (κ1) is 15.4. The zero-order valence-electron chi connectivity index (χ0n) is 13.2. The van der Waals surface area contributed by atoms with Gasteiger partial charge in [-0.1, -0.05) is 0 Å². The molecule has 7 nitrogen and oxygen atoms in total. The standard InChI is InChI=1S/C17H14N6O/c1-11-7-12(2)23(22-11)17-19-9-15(10-20-17)21-16(24)14-5-3-13(8-18)4-6-14/h3-7,9-10H,1-2H3,(H,21,24). The lowest BCUT2D eigenvalue weighted by Gasteiger charge is -2.06. The second-order valence-electron chi connectivity index (χ2n) is 5.25. The van der Waals surface area contributed by atoms with Gasteiger partial charge >= 0.3 is 0 Å². The van der Waals surface area contributed by atoms with Crippen LogP contribution in [-0.2, 0) is 0 Å². The molecule has 1 amide bonds. The van der Waals surface area contributed by atoms with Crippen LogP contribution in [-0.4, -0.2) is 25.7 Å². The molecule has 0 aliphatic carbocycles. The van der Waals surface area contributed by atoms with E-state index in [1.807, 2.05) is 26.0 Å². The number of nitrogens with one attached hydrogen (secondary N) is 1. The van der Waals surface area contributed by atoms with Crippen molar-refractivity contribution in [2.45, 2.75) is 13.8 Å². The molecule has 1 aromatic carbocycles. The van der Waals surface area contributed by atoms with Gasteiger partial charge in [-0.25, -0.2) is 14.6 Å². The van der Waals surface area contributed by atoms with Crippen LogP contribution < -0.4 is 5.32 Å². The van der Waals surface area contributed by atoms with E-state index in [1.165, 1.54) is 12.4 Å². The van der Waals surface area contributed by atoms with Gasteiger partial charge in [-0.2, -0.15) is 10.4 Å². The quantitative estimate of drug-likeness (QED) is 0.800. The van der Waals surface area contributed by atoms with Gasteiger partial charge in [-0.15, -0.1) is 0 Å². The number of rotatable bonds is 3. The van der Waals surface area contributed by atoms with Gasteiger partial charge in [0, 0.05) is 11.3 Å². The number of hydrogen-bond donors (Lipinski definition) is 1. The van der Waals surface area contributed by atoms with Gasteiger partial charge in [0.1, 0.15) is 0 Å². The third-order valence-corrected chi connectivity index (χ3v) is 3.37. The van der Waals surface area contributed by atoms with Crippen LogP contribution in [0.5, 0.6) is 0 Å². The predicted octanol–water partition coefficient (Wildman–Crippen LogP) is 2.40. The van der Waals surface area contributed by atoms with E-state index in [2.05, 4.69) is 20.4 Å². The molecule has 0 spiro atoms. The van der Waals surface area contributed by atoms with Crippen molar-refractivity contribution in [3.05, 3.63) is 65.2 Å². The van der Waals surface area contributed by atoms with Crippen LogP contribution in [0.2, 0.25) is 0 Å². The highest BCUT2D eigenvalue weighted by Gasteiger charge is 2.09. The predicted molar refractivity (Wildman–Crippen MR) is 87.7 cm³/mol. The lowest BCUT2D eigenvalue weighted by molar-refractivity contribution is 0.102. The van der Waals surface area contributed by atoms with Crippen LogP contribution in [0.4, 0.5) is 5.69 Å². The van der Waals surface area contributed by atoms with E-state index in [9.17, 15) is 4.79 Å². The minimum absolute atomic E-state index is 0.290. The number of carbonyl (C=O) groups is 1. The molecule has 2 aromatic heterocycles. The molecule has 0 radical (unpaired) electrons. The molecule has 0 saturated heterocycles. The van der Waals surface area contributed by atoms with Crippen molar-refractivity contribution in [1.29, 1.82) is 5.26 Å². The number of aromatic nitrogens is 4. The molecule has 3 rings (SSSR count). The van der Waals surface area contributed by atoms with Gasteiger partial charge in [-0.05, 0) is 44.2 Å². The Morgan fingerprint density at radius 3 is 2.38 bits per heavy atom. The van der Waals surface area contributed by atoms with Gasteiger partial charge in [0.15, 0.2) is 0 Å². The number of benzene rings is 1. The third-order valence-electron chi connectivity index (χ3n) is 3.37. The first-order valence-corrected chi connectivity index (χ1v) is 7.24. The maximum Gasteiger partial charge on any atom is 0.255 e. The summed E-state index contributed by atoms with van der Waals surface area (Å²) in [5.74, 6) is 0.152. The molecule has 0 bridgehead atoms. The largest absolute Gasteiger partial charge is 0.319 e. The SMILES string of the molecule is Cc1cc(C)n(-c2ncc(NC(=O)c3ccc(C#N)cc3)cn2)n1. The third kappa shape index (κ3) is 3.13. The molecule has 7 heteroatoms. The summed E-state index contributed by atoms with van der Waals surface area (Å²) in [6, 6.07) is 10.3. The maximum absolute atomic E-state index is 12.2. The Labute approximate surface area is 138 Å². The zero-order valence-corrected chi connectivity index (χ0v) is 13.2. The van der Waals surface area contributed by atoms with E-state index in [0.29, 0.717) is 22.8 Å². The molecule has 0 unspecified atom stereocenters. The van der Waals surface area contributed by atoms with Crippen LogP contribution >= 0.6 is 0 Å². The molecular formula is C17H14N6O. The smallest absolute Gasteiger partial charge is 0.255 e. The fraction of sp³-hybridized carbons (Fsp3) is 0.118. The topological polar surface area (TPSA) is 96.5 Å². The van der Waals surface area contributed by atoms with E-state index < -0.39 is 0 Å². The molecule has 0 atom stereocenters. The lowest BCUT2D eigenvalue weighted by Crippen LogP contribution is -2.13. The maximum atomic E-state index is 12.2. The summed E-state index contributed by atoms with van der Waals surface area (Å²) in [6.07, 6.45) is 3.06. The Morgan fingerprint density at radius 2 is 1.83 bits per heavy atom. The minimum atomic E-state index is -0.290. The molecule has 0 aliphatic rings. The van der Waals surface area contributed by atoms with Crippen molar-refractivity contribution in [2.75, 3.05) is 5.32 Å². The van der Waals surface area contributed by atoms with Crippen LogP contribution in [0.3, 0.4) is 0 Å². The van der Waals surface area contributed by atoms with Gasteiger partial charge < -0.3 is 5.32 Å². The molecular weight excluding hydrogens is 304 g/mol. The first-order valence-electron chi connectivity index (χ1n) is 7.24. The van der Waals surface area contributed by atoms with Crippen LogP contribution in [0.1, 0.15) is 27.3 Å². The van der Waals surface area contributed by atoms with E-state index in [1.54, 1.807) is 28.9 Å². The molecule has 0 aliphatic heterocycles. The summed E-state index contributed by atoms with van der Waals surface area (Å²) < 4.78 is 1.64. The second-order valence-corrected chi connectivity index (χ2v) is 5.25. The van der Waals surface area contributed by atoms with Crippen molar-refractivity contribution >= 4 is 11.6 Å². The molecule has 2 heterocycles.